The molecule has 1 aromatic carbocycles. The molecule has 0 saturated carbocycles. The van der Waals surface area contributed by atoms with Gasteiger partial charge in [0.2, 0.25) is 0 Å². The van der Waals surface area contributed by atoms with E-state index in [1.54, 1.807) is 18.6 Å². The number of benzene rings is 1. The first-order valence-corrected chi connectivity index (χ1v) is 7.73. The molecular formula is C17H19N5O2. The number of nitrogens with one attached hydrogen (secondary N) is 2. The molecule has 3 rings (SSSR count). The standard InChI is InChI=1S/C17H19N5O2/c23-10-12-24-11-9-20-16-13-3-1-2-4-14(13)21-17(22-16)15-5-6-18-7-8-19-15/h1-8,19,23H,9-12H2,(H,20,21,22). The van der Waals surface area contributed by atoms with E-state index in [4.69, 9.17) is 9.84 Å². The van der Waals surface area contributed by atoms with Crippen LogP contribution < -0.4 is 10.6 Å². The molecule has 1 aromatic heterocycles. The highest BCUT2D eigenvalue weighted by Crippen LogP contribution is 2.22. The van der Waals surface area contributed by atoms with Gasteiger partial charge in [0.1, 0.15) is 5.82 Å². The van der Waals surface area contributed by atoms with Gasteiger partial charge in [0, 0.05) is 30.5 Å². The normalized spacial score (nSPS) is 13.5. The Hall–Kier alpha value is -2.77. The monoisotopic (exact) mass is 325 g/mol. The van der Waals surface area contributed by atoms with Crippen molar-refractivity contribution in [1.82, 2.24) is 15.3 Å². The second kappa shape index (κ2) is 8.19. The van der Waals surface area contributed by atoms with Crippen molar-refractivity contribution in [3.8, 4) is 0 Å². The van der Waals surface area contributed by atoms with Crippen molar-refractivity contribution in [3.63, 3.8) is 0 Å². The molecule has 1 aliphatic rings. The van der Waals surface area contributed by atoms with Crippen LogP contribution in [-0.2, 0) is 4.74 Å². The van der Waals surface area contributed by atoms with Gasteiger partial charge in [0.25, 0.3) is 0 Å². The Morgan fingerprint density at radius 1 is 1.17 bits per heavy atom. The number of para-hydroxylation sites is 1. The van der Waals surface area contributed by atoms with Gasteiger partial charge in [-0.3, -0.25) is 4.99 Å². The summed E-state index contributed by atoms with van der Waals surface area (Å²) in [6.07, 6.45) is 6.93. The molecule has 0 spiro atoms. The lowest BCUT2D eigenvalue weighted by Gasteiger charge is -2.12. The first kappa shape index (κ1) is 16.1. The molecule has 0 amide bonds. The van der Waals surface area contributed by atoms with E-state index in [-0.39, 0.29) is 6.61 Å². The summed E-state index contributed by atoms with van der Waals surface area (Å²) >= 11 is 0. The van der Waals surface area contributed by atoms with Gasteiger partial charge in [-0.05, 0) is 18.2 Å². The predicted molar refractivity (Wildman–Crippen MR) is 94.7 cm³/mol. The molecule has 0 atom stereocenters. The molecule has 1 aliphatic heterocycles. The summed E-state index contributed by atoms with van der Waals surface area (Å²) in [5.41, 5.74) is 1.63. The Labute approximate surface area is 139 Å². The third-order valence-electron chi connectivity index (χ3n) is 3.35. The molecule has 124 valence electrons. The number of ether oxygens (including phenoxy) is 1. The smallest absolute Gasteiger partial charge is 0.178 e. The second-order valence-corrected chi connectivity index (χ2v) is 5.01. The van der Waals surface area contributed by atoms with Crippen LogP contribution >= 0.6 is 0 Å². The van der Waals surface area contributed by atoms with Crippen molar-refractivity contribution in [2.24, 2.45) is 4.99 Å². The van der Waals surface area contributed by atoms with Gasteiger partial charge in [0.05, 0.1) is 31.0 Å². The maximum atomic E-state index is 8.73. The fourth-order valence-corrected chi connectivity index (χ4v) is 2.26. The molecule has 3 N–H and O–H groups in total. The lowest BCUT2D eigenvalue weighted by molar-refractivity contribution is 0.0992. The van der Waals surface area contributed by atoms with Crippen LogP contribution in [0.5, 0.6) is 0 Å². The zero-order chi connectivity index (χ0) is 16.6. The van der Waals surface area contributed by atoms with Crippen LogP contribution in [-0.4, -0.2) is 47.7 Å². The molecule has 24 heavy (non-hydrogen) atoms. The Kier molecular flexibility index (Phi) is 5.49. The average Bonchev–Trinajstić information content (AvgIpc) is 2.90. The fourth-order valence-electron chi connectivity index (χ4n) is 2.26. The Morgan fingerprint density at radius 2 is 2.08 bits per heavy atom. The largest absolute Gasteiger partial charge is 0.394 e. The predicted octanol–water partition coefficient (Wildman–Crippen LogP) is 1.54. The molecule has 2 aromatic rings. The van der Waals surface area contributed by atoms with E-state index in [0.717, 1.165) is 22.4 Å². The summed E-state index contributed by atoms with van der Waals surface area (Å²) in [5, 5.41) is 16.1. The van der Waals surface area contributed by atoms with Gasteiger partial charge in [-0.1, -0.05) is 12.1 Å². The van der Waals surface area contributed by atoms with Crippen LogP contribution in [0.25, 0.3) is 16.6 Å². The minimum absolute atomic E-state index is 0.0233. The van der Waals surface area contributed by atoms with E-state index in [2.05, 4.69) is 25.6 Å². The van der Waals surface area contributed by atoms with E-state index in [1.807, 2.05) is 30.3 Å². The number of aliphatic imine (C=N–C) groups is 1. The molecule has 0 aliphatic carbocycles. The molecular weight excluding hydrogens is 306 g/mol. The number of rotatable bonds is 7. The first-order valence-electron chi connectivity index (χ1n) is 7.73. The van der Waals surface area contributed by atoms with E-state index in [9.17, 15) is 0 Å². The van der Waals surface area contributed by atoms with Crippen molar-refractivity contribution in [2.75, 3.05) is 31.7 Å². The molecule has 0 bridgehead atoms. The van der Waals surface area contributed by atoms with Crippen molar-refractivity contribution in [1.29, 1.82) is 0 Å². The molecule has 0 fully saturated rings. The SMILES string of the molecule is OCCOCCNc1nc(C2=CC=NC=CN2)nc2ccccc12. The van der Waals surface area contributed by atoms with Gasteiger partial charge in [0.15, 0.2) is 5.82 Å². The Balaban J connectivity index is 1.87. The maximum Gasteiger partial charge on any atom is 0.178 e. The number of allylic oxidation sites excluding steroid dienone is 1. The van der Waals surface area contributed by atoms with Crippen LogP contribution in [0, 0.1) is 0 Å². The number of anilines is 1. The van der Waals surface area contributed by atoms with Crippen LogP contribution in [0.15, 0.2) is 47.7 Å². The third kappa shape index (κ3) is 3.95. The highest BCUT2D eigenvalue weighted by atomic mass is 16.5. The average molecular weight is 325 g/mol. The number of aliphatic hydroxyl groups excluding tert-OH is 1. The van der Waals surface area contributed by atoms with Gasteiger partial charge in [-0.2, -0.15) is 0 Å². The topological polar surface area (TPSA) is 91.7 Å². The van der Waals surface area contributed by atoms with Crippen molar-refractivity contribution < 1.29 is 9.84 Å². The van der Waals surface area contributed by atoms with E-state index in [0.29, 0.717) is 25.6 Å². The quantitative estimate of drug-likeness (QED) is 0.669. The van der Waals surface area contributed by atoms with Crippen LogP contribution in [0.3, 0.4) is 0 Å². The number of aliphatic hydroxyl groups is 1. The van der Waals surface area contributed by atoms with E-state index in [1.165, 1.54) is 0 Å². The third-order valence-corrected chi connectivity index (χ3v) is 3.35. The van der Waals surface area contributed by atoms with Crippen molar-refractivity contribution in [2.45, 2.75) is 0 Å². The molecule has 2 heterocycles. The molecule has 7 nitrogen and oxygen atoms in total. The van der Waals surface area contributed by atoms with Crippen LogP contribution in [0.4, 0.5) is 5.82 Å². The number of hydrogen-bond acceptors (Lipinski definition) is 7. The highest BCUT2D eigenvalue weighted by Gasteiger charge is 2.10. The second-order valence-electron chi connectivity index (χ2n) is 5.01. The molecule has 0 unspecified atom stereocenters. The summed E-state index contributed by atoms with van der Waals surface area (Å²) in [6, 6.07) is 7.84. The van der Waals surface area contributed by atoms with E-state index < -0.39 is 0 Å². The fraction of sp³-hybridized carbons (Fsp3) is 0.235. The minimum atomic E-state index is 0.0233. The highest BCUT2D eigenvalue weighted by molar-refractivity contribution is 5.91. The lowest BCUT2D eigenvalue weighted by atomic mass is 10.2. The number of aromatic nitrogens is 2. The lowest BCUT2D eigenvalue weighted by Crippen LogP contribution is -2.14. The zero-order valence-corrected chi connectivity index (χ0v) is 13.1. The van der Waals surface area contributed by atoms with Gasteiger partial charge >= 0.3 is 0 Å². The van der Waals surface area contributed by atoms with Gasteiger partial charge < -0.3 is 20.5 Å². The molecule has 0 radical (unpaired) electrons. The number of fused-ring (bicyclic) bond motifs is 1. The Morgan fingerprint density at radius 3 is 3.00 bits per heavy atom. The van der Waals surface area contributed by atoms with Gasteiger partial charge in [-0.15, -0.1) is 0 Å². The summed E-state index contributed by atoms with van der Waals surface area (Å²) in [5.74, 6) is 1.33. The summed E-state index contributed by atoms with van der Waals surface area (Å²) < 4.78 is 5.27. The van der Waals surface area contributed by atoms with Crippen LogP contribution in [0.1, 0.15) is 5.82 Å². The first-order chi connectivity index (χ1) is 11.9. The summed E-state index contributed by atoms with van der Waals surface area (Å²) in [7, 11) is 0. The molecule has 0 saturated heterocycles. The molecule has 7 heteroatoms. The van der Waals surface area contributed by atoms with Crippen LogP contribution in [0.2, 0.25) is 0 Å². The zero-order valence-electron chi connectivity index (χ0n) is 13.1. The Bertz CT molecular complexity index is 786. The summed E-state index contributed by atoms with van der Waals surface area (Å²) in [6.45, 7) is 1.44. The van der Waals surface area contributed by atoms with Crippen molar-refractivity contribution in [3.05, 3.63) is 48.6 Å². The summed E-state index contributed by atoms with van der Waals surface area (Å²) in [4.78, 5) is 13.3. The number of nitrogens with zero attached hydrogens (tertiary/aromatic N) is 3. The van der Waals surface area contributed by atoms with Gasteiger partial charge in [-0.25, -0.2) is 9.97 Å². The minimum Gasteiger partial charge on any atom is -0.394 e. The van der Waals surface area contributed by atoms with E-state index >= 15 is 0 Å². The maximum absolute atomic E-state index is 8.73. The van der Waals surface area contributed by atoms with Crippen molar-refractivity contribution >= 4 is 28.6 Å². The number of hydrogen-bond donors (Lipinski definition) is 3.